The third-order valence-corrected chi connectivity index (χ3v) is 6.28. The molecule has 1 aromatic heterocycles. The zero-order chi connectivity index (χ0) is 19.0. The van der Waals surface area contributed by atoms with Gasteiger partial charge in [0.1, 0.15) is 0 Å². The van der Waals surface area contributed by atoms with E-state index in [0.29, 0.717) is 13.0 Å². The molecule has 1 aliphatic carbocycles. The number of para-hydroxylation sites is 1. The van der Waals surface area contributed by atoms with Crippen LogP contribution in [0.15, 0.2) is 48.5 Å². The van der Waals surface area contributed by atoms with Gasteiger partial charge in [-0.05, 0) is 41.7 Å². The number of benzene rings is 3. The molecular formula is C24H20N2O2. The van der Waals surface area contributed by atoms with Crippen LogP contribution in [-0.4, -0.2) is 22.1 Å². The number of rotatable bonds is 2. The number of H-pyrrole nitrogens is 1. The minimum atomic E-state index is -0.425. The molecule has 0 radical (unpaired) electrons. The highest BCUT2D eigenvalue weighted by atomic mass is 16.3. The summed E-state index contributed by atoms with van der Waals surface area (Å²) in [5.74, 6) is 0.0754. The van der Waals surface area contributed by atoms with Gasteiger partial charge in [-0.3, -0.25) is 4.79 Å². The van der Waals surface area contributed by atoms with Crippen molar-refractivity contribution in [3.63, 3.8) is 0 Å². The van der Waals surface area contributed by atoms with Crippen LogP contribution < -0.4 is 5.32 Å². The maximum absolute atomic E-state index is 12.9. The number of amides is 1. The molecule has 4 aromatic rings. The lowest BCUT2D eigenvalue weighted by Crippen LogP contribution is -2.13. The smallest absolute Gasteiger partial charge is 0.252 e. The second-order valence-electron chi connectivity index (χ2n) is 7.97. The number of hydrogen-bond donors (Lipinski definition) is 3. The highest BCUT2D eigenvalue weighted by Gasteiger charge is 2.39. The molecule has 1 aliphatic heterocycles. The standard InChI is InChI=1S/C24H20N2O2/c1-12(27)10-16-13-6-2-3-7-14(13)20-21(16)23-19(17-11-25-24(28)22(17)20)15-8-4-5-9-18(15)26-23/h2-9,12,16,26-27H,10-11H2,1H3,(H,25,28). The van der Waals surface area contributed by atoms with E-state index in [1.165, 1.54) is 5.56 Å². The Hall–Kier alpha value is -3.11. The van der Waals surface area contributed by atoms with Crippen LogP contribution in [0.25, 0.3) is 32.9 Å². The number of nitrogens with one attached hydrogen (secondary N) is 2. The zero-order valence-electron chi connectivity index (χ0n) is 15.5. The molecule has 2 aliphatic rings. The number of aromatic amines is 1. The van der Waals surface area contributed by atoms with Gasteiger partial charge in [-0.2, -0.15) is 0 Å². The van der Waals surface area contributed by atoms with Crippen LogP contribution in [0, 0.1) is 0 Å². The van der Waals surface area contributed by atoms with Crippen LogP contribution in [0.3, 0.4) is 0 Å². The van der Waals surface area contributed by atoms with Gasteiger partial charge >= 0.3 is 0 Å². The van der Waals surface area contributed by atoms with E-state index in [1.807, 2.05) is 31.2 Å². The summed E-state index contributed by atoms with van der Waals surface area (Å²) in [6.07, 6.45) is 0.208. The van der Waals surface area contributed by atoms with E-state index in [4.69, 9.17) is 0 Å². The molecule has 6 rings (SSSR count). The van der Waals surface area contributed by atoms with Crippen molar-refractivity contribution in [3.05, 3.63) is 70.8 Å². The van der Waals surface area contributed by atoms with Gasteiger partial charge in [0.25, 0.3) is 5.91 Å². The lowest BCUT2D eigenvalue weighted by Gasteiger charge is -2.17. The molecule has 2 unspecified atom stereocenters. The Morgan fingerprint density at radius 3 is 2.75 bits per heavy atom. The van der Waals surface area contributed by atoms with Crippen LogP contribution >= 0.6 is 0 Å². The van der Waals surface area contributed by atoms with E-state index in [9.17, 15) is 9.90 Å². The molecule has 3 N–H and O–H groups in total. The Morgan fingerprint density at radius 2 is 1.89 bits per heavy atom. The van der Waals surface area contributed by atoms with Crippen LogP contribution in [0.4, 0.5) is 0 Å². The van der Waals surface area contributed by atoms with Crippen molar-refractivity contribution in [3.8, 4) is 11.1 Å². The van der Waals surface area contributed by atoms with E-state index < -0.39 is 6.10 Å². The normalized spacial score (nSPS) is 18.2. The highest BCUT2D eigenvalue weighted by molar-refractivity contribution is 6.19. The van der Waals surface area contributed by atoms with E-state index in [1.54, 1.807) is 0 Å². The predicted molar refractivity (Wildman–Crippen MR) is 111 cm³/mol. The van der Waals surface area contributed by atoms with Gasteiger partial charge in [0.2, 0.25) is 0 Å². The van der Waals surface area contributed by atoms with Gasteiger partial charge < -0.3 is 15.4 Å². The minimum Gasteiger partial charge on any atom is -0.393 e. The number of aliphatic hydroxyl groups is 1. The van der Waals surface area contributed by atoms with Gasteiger partial charge in [-0.15, -0.1) is 0 Å². The fourth-order valence-corrected chi connectivity index (χ4v) is 5.28. The third-order valence-electron chi connectivity index (χ3n) is 6.28. The number of carbonyl (C=O) groups is 1. The van der Waals surface area contributed by atoms with Gasteiger partial charge in [-0.1, -0.05) is 42.5 Å². The lowest BCUT2D eigenvalue weighted by atomic mass is 9.87. The van der Waals surface area contributed by atoms with Crippen LogP contribution in [0.2, 0.25) is 0 Å². The van der Waals surface area contributed by atoms with Crippen molar-refractivity contribution >= 4 is 27.7 Å². The van der Waals surface area contributed by atoms with Crippen LogP contribution in [0.5, 0.6) is 0 Å². The topological polar surface area (TPSA) is 65.1 Å². The fraction of sp³-hybridized carbons (Fsp3) is 0.208. The first-order chi connectivity index (χ1) is 13.6. The molecule has 0 saturated carbocycles. The molecule has 0 bridgehead atoms. The van der Waals surface area contributed by atoms with Crippen molar-refractivity contribution in [1.82, 2.24) is 10.3 Å². The Balaban J connectivity index is 1.83. The van der Waals surface area contributed by atoms with E-state index >= 15 is 0 Å². The molecule has 3 aromatic carbocycles. The molecule has 2 atom stereocenters. The molecule has 28 heavy (non-hydrogen) atoms. The Morgan fingerprint density at radius 1 is 1.11 bits per heavy atom. The summed E-state index contributed by atoms with van der Waals surface area (Å²) in [5, 5.41) is 15.6. The molecule has 138 valence electrons. The first-order valence-corrected chi connectivity index (χ1v) is 9.80. The molecule has 4 nitrogen and oxygen atoms in total. The van der Waals surface area contributed by atoms with Gasteiger partial charge in [-0.25, -0.2) is 0 Å². The molecular weight excluding hydrogens is 348 g/mol. The van der Waals surface area contributed by atoms with E-state index in [0.717, 1.165) is 49.6 Å². The summed E-state index contributed by atoms with van der Waals surface area (Å²) in [6.45, 7) is 2.39. The summed E-state index contributed by atoms with van der Waals surface area (Å²) in [7, 11) is 0. The second-order valence-corrected chi connectivity index (χ2v) is 7.97. The summed E-state index contributed by atoms with van der Waals surface area (Å²) >= 11 is 0. The van der Waals surface area contributed by atoms with Gasteiger partial charge in [0, 0.05) is 34.3 Å². The van der Waals surface area contributed by atoms with Crippen molar-refractivity contribution in [1.29, 1.82) is 0 Å². The molecule has 0 saturated heterocycles. The number of aliphatic hydroxyl groups excluding tert-OH is 1. The van der Waals surface area contributed by atoms with Crippen molar-refractivity contribution in [2.75, 3.05) is 0 Å². The summed E-state index contributed by atoms with van der Waals surface area (Å²) in [4.78, 5) is 16.5. The SMILES string of the molecule is CC(O)CC1c2ccccc2-c2c3c(c4c([nH]c5ccccc54)c21)CNC3=O. The maximum Gasteiger partial charge on any atom is 0.252 e. The average molecular weight is 368 g/mol. The van der Waals surface area contributed by atoms with Crippen LogP contribution in [0.1, 0.15) is 46.3 Å². The summed E-state index contributed by atoms with van der Waals surface area (Å²) in [5.41, 5.74) is 8.61. The largest absolute Gasteiger partial charge is 0.393 e. The molecule has 0 fully saturated rings. The fourth-order valence-electron chi connectivity index (χ4n) is 5.28. The van der Waals surface area contributed by atoms with E-state index in [2.05, 4.69) is 34.6 Å². The lowest BCUT2D eigenvalue weighted by molar-refractivity contribution is 0.0966. The van der Waals surface area contributed by atoms with Crippen molar-refractivity contribution < 1.29 is 9.90 Å². The number of hydrogen-bond acceptors (Lipinski definition) is 2. The predicted octanol–water partition coefficient (Wildman–Crippen LogP) is 4.45. The molecule has 0 spiro atoms. The number of fused-ring (bicyclic) bond motifs is 10. The first-order valence-electron chi connectivity index (χ1n) is 9.80. The molecule has 4 heteroatoms. The van der Waals surface area contributed by atoms with Gasteiger partial charge in [0.05, 0.1) is 17.2 Å². The quantitative estimate of drug-likeness (QED) is 0.489. The van der Waals surface area contributed by atoms with Gasteiger partial charge in [0.15, 0.2) is 0 Å². The van der Waals surface area contributed by atoms with E-state index in [-0.39, 0.29) is 11.8 Å². The number of carbonyl (C=O) groups excluding carboxylic acids is 1. The Kier molecular flexibility index (Phi) is 3.10. The zero-order valence-corrected chi connectivity index (χ0v) is 15.5. The van der Waals surface area contributed by atoms with Crippen molar-refractivity contribution in [2.45, 2.75) is 31.9 Å². The first kappa shape index (κ1) is 15.9. The summed E-state index contributed by atoms with van der Waals surface area (Å²) < 4.78 is 0. The number of aromatic nitrogens is 1. The molecule has 2 heterocycles. The Labute approximate surface area is 162 Å². The second kappa shape index (κ2) is 5.46. The molecule has 1 amide bonds. The van der Waals surface area contributed by atoms with Crippen LogP contribution in [-0.2, 0) is 6.54 Å². The monoisotopic (exact) mass is 368 g/mol. The summed E-state index contributed by atoms with van der Waals surface area (Å²) in [6, 6.07) is 16.6. The average Bonchev–Trinajstić information content (AvgIpc) is 3.34. The maximum atomic E-state index is 12.9. The highest BCUT2D eigenvalue weighted by Crippen LogP contribution is 2.53. The minimum absolute atomic E-state index is 0.00549. The third kappa shape index (κ3) is 1.90. The van der Waals surface area contributed by atoms with Crippen molar-refractivity contribution in [2.24, 2.45) is 0 Å². The Bertz CT molecular complexity index is 1300.